The van der Waals surface area contributed by atoms with E-state index in [1.165, 1.54) is 12.1 Å². The normalized spacial score (nSPS) is 15.0. The van der Waals surface area contributed by atoms with E-state index in [-0.39, 0.29) is 22.5 Å². The maximum atomic E-state index is 13.7. The number of rotatable bonds is 3. The van der Waals surface area contributed by atoms with Crippen molar-refractivity contribution in [3.8, 4) is 0 Å². The molecule has 0 saturated carbocycles. The van der Waals surface area contributed by atoms with Crippen molar-refractivity contribution in [1.82, 2.24) is 15.5 Å². The molecule has 5 nitrogen and oxygen atoms in total. The maximum absolute atomic E-state index is 13.7. The molecule has 1 aliphatic rings. The molecule has 1 heterocycles. The van der Waals surface area contributed by atoms with E-state index in [1.807, 2.05) is 0 Å². The lowest BCUT2D eigenvalue weighted by atomic mass is 10.2. The smallest absolute Gasteiger partial charge is 0.254 e. The number of benzene rings is 1. The van der Waals surface area contributed by atoms with Crippen molar-refractivity contribution in [3.05, 3.63) is 34.1 Å². The molecule has 0 bridgehead atoms. The zero-order valence-electron chi connectivity index (χ0n) is 10.8. The number of nitrogens with one attached hydrogen (secondary N) is 2. The highest BCUT2D eigenvalue weighted by atomic mass is 79.9. The molecular weight excluding hydrogens is 329 g/mol. The molecule has 0 atom stereocenters. The average molecular weight is 344 g/mol. The van der Waals surface area contributed by atoms with Crippen LogP contribution in [-0.4, -0.2) is 49.4 Å². The van der Waals surface area contributed by atoms with Gasteiger partial charge in [-0.3, -0.25) is 9.59 Å². The quantitative estimate of drug-likeness (QED) is 0.851. The van der Waals surface area contributed by atoms with Gasteiger partial charge in [0.2, 0.25) is 5.91 Å². The first-order valence-electron chi connectivity index (χ1n) is 6.30. The lowest BCUT2D eigenvalue weighted by Gasteiger charge is -2.27. The highest BCUT2D eigenvalue weighted by Crippen LogP contribution is 2.18. The molecular formula is C13H15BrFN3O2. The monoisotopic (exact) mass is 343 g/mol. The second kappa shape index (κ2) is 6.81. The standard InChI is InChI=1S/C13H15BrFN3O2/c14-10-3-1-2-9(12(10)15)13(20)17-8-11(19)18-6-4-16-5-7-18/h1-3,16H,4-8H2,(H,17,20). The minimum absolute atomic E-state index is 0.0764. The Hall–Kier alpha value is -1.47. The largest absolute Gasteiger partial charge is 0.343 e. The molecule has 0 aliphatic carbocycles. The summed E-state index contributed by atoms with van der Waals surface area (Å²) < 4.78 is 13.9. The Morgan fingerprint density at radius 2 is 2.05 bits per heavy atom. The van der Waals surface area contributed by atoms with Gasteiger partial charge < -0.3 is 15.5 Å². The van der Waals surface area contributed by atoms with Crippen LogP contribution in [0.15, 0.2) is 22.7 Å². The predicted molar refractivity (Wildman–Crippen MR) is 75.9 cm³/mol. The third kappa shape index (κ3) is 3.55. The van der Waals surface area contributed by atoms with E-state index < -0.39 is 11.7 Å². The number of carbonyl (C=O) groups excluding carboxylic acids is 2. The summed E-state index contributed by atoms with van der Waals surface area (Å²) in [5.74, 6) is -1.37. The van der Waals surface area contributed by atoms with E-state index in [2.05, 4.69) is 26.6 Å². The fourth-order valence-electron chi connectivity index (χ4n) is 1.96. The molecule has 0 radical (unpaired) electrons. The summed E-state index contributed by atoms with van der Waals surface area (Å²) >= 11 is 3.02. The van der Waals surface area contributed by atoms with Gasteiger partial charge in [0.15, 0.2) is 0 Å². The molecule has 0 unspecified atom stereocenters. The van der Waals surface area contributed by atoms with E-state index >= 15 is 0 Å². The van der Waals surface area contributed by atoms with Crippen molar-refractivity contribution in [2.24, 2.45) is 0 Å². The number of hydrogen-bond acceptors (Lipinski definition) is 3. The van der Waals surface area contributed by atoms with Gasteiger partial charge in [-0.05, 0) is 28.1 Å². The molecule has 20 heavy (non-hydrogen) atoms. The van der Waals surface area contributed by atoms with Gasteiger partial charge in [-0.25, -0.2) is 4.39 Å². The van der Waals surface area contributed by atoms with Crippen molar-refractivity contribution in [3.63, 3.8) is 0 Å². The zero-order valence-corrected chi connectivity index (χ0v) is 12.4. The number of nitrogens with zero attached hydrogens (tertiary/aromatic N) is 1. The van der Waals surface area contributed by atoms with E-state index in [0.29, 0.717) is 13.1 Å². The molecule has 1 aromatic rings. The summed E-state index contributed by atoms with van der Waals surface area (Å²) in [7, 11) is 0. The topological polar surface area (TPSA) is 61.4 Å². The molecule has 0 aromatic heterocycles. The summed E-state index contributed by atoms with van der Waals surface area (Å²) in [6.07, 6.45) is 0. The van der Waals surface area contributed by atoms with Gasteiger partial charge in [0.05, 0.1) is 16.6 Å². The second-order valence-corrected chi connectivity index (χ2v) is 5.27. The summed E-state index contributed by atoms with van der Waals surface area (Å²) in [5, 5.41) is 5.59. The molecule has 7 heteroatoms. The van der Waals surface area contributed by atoms with E-state index in [4.69, 9.17) is 0 Å². The van der Waals surface area contributed by atoms with Gasteiger partial charge in [-0.2, -0.15) is 0 Å². The Morgan fingerprint density at radius 3 is 2.75 bits per heavy atom. The van der Waals surface area contributed by atoms with Crippen molar-refractivity contribution in [2.45, 2.75) is 0 Å². The Labute approximate surface area is 124 Å². The molecule has 1 aliphatic heterocycles. The highest BCUT2D eigenvalue weighted by molar-refractivity contribution is 9.10. The Balaban J connectivity index is 1.91. The molecule has 2 rings (SSSR count). The van der Waals surface area contributed by atoms with Crippen LogP contribution in [0.2, 0.25) is 0 Å². The predicted octanol–water partition coefficient (Wildman–Crippen LogP) is 0.750. The number of carbonyl (C=O) groups is 2. The van der Waals surface area contributed by atoms with Crippen LogP contribution in [0, 0.1) is 5.82 Å². The maximum Gasteiger partial charge on any atom is 0.254 e. The average Bonchev–Trinajstić information content (AvgIpc) is 2.48. The highest BCUT2D eigenvalue weighted by Gasteiger charge is 2.18. The lowest BCUT2D eigenvalue weighted by Crippen LogP contribution is -2.49. The van der Waals surface area contributed by atoms with Gasteiger partial charge in [0, 0.05) is 26.2 Å². The van der Waals surface area contributed by atoms with Crippen LogP contribution >= 0.6 is 15.9 Å². The van der Waals surface area contributed by atoms with E-state index in [0.717, 1.165) is 13.1 Å². The minimum Gasteiger partial charge on any atom is -0.343 e. The number of halogens is 2. The minimum atomic E-state index is -0.625. The summed E-state index contributed by atoms with van der Waals surface area (Å²) in [5.41, 5.74) is -0.0764. The molecule has 0 spiro atoms. The van der Waals surface area contributed by atoms with Crippen molar-refractivity contribution >= 4 is 27.7 Å². The van der Waals surface area contributed by atoms with Gasteiger partial charge in [-0.1, -0.05) is 6.07 Å². The fraction of sp³-hybridized carbons (Fsp3) is 0.385. The first-order chi connectivity index (χ1) is 9.59. The summed E-state index contributed by atoms with van der Waals surface area (Å²) in [6, 6.07) is 4.46. The van der Waals surface area contributed by atoms with Crippen LogP contribution in [0.5, 0.6) is 0 Å². The van der Waals surface area contributed by atoms with Crippen LogP contribution in [0.1, 0.15) is 10.4 Å². The van der Waals surface area contributed by atoms with Crippen molar-refractivity contribution in [1.29, 1.82) is 0 Å². The third-order valence-electron chi connectivity index (χ3n) is 3.07. The fourth-order valence-corrected chi connectivity index (χ4v) is 2.32. The first-order valence-corrected chi connectivity index (χ1v) is 7.09. The molecule has 108 valence electrons. The van der Waals surface area contributed by atoms with Crippen LogP contribution in [0.3, 0.4) is 0 Å². The van der Waals surface area contributed by atoms with Gasteiger partial charge in [0.1, 0.15) is 5.82 Å². The Morgan fingerprint density at radius 1 is 1.35 bits per heavy atom. The van der Waals surface area contributed by atoms with Crippen LogP contribution in [0.4, 0.5) is 4.39 Å². The first kappa shape index (κ1) is 14.9. The number of piperazine rings is 1. The van der Waals surface area contributed by atoms with Gasteiger partial charge in [0.25, 0.3) is 5.91 Å². The zero-order chi connectivity index (χ0) is 14.5. The Kier molecular flexibility index (Phi) is 5.08. The van der Waals surface area contributed by atoms with Crippen LogP contribution in [0.25, 0.3) is 0 Å². The third-order valence-corrected chi connectivity index (χ3v) is 3.68. The van der Waals surface area contributed by atoms with Gasteiger partial charge in [-0.15, -0.1) is 0 Å². The molecule has 2 N–H and O–H groups in total. The van der Waals surface area contributed by atoms with Crippen molar-refractivity contribution < 1.29 is 14.0 Å². The SMILES string of the molecule is O=C(NCC(=O)N1CCNCC1)c1cccc(Br)c1F. The second-order valence-electron chi connectivity index (χ2n) is 4.41. The Bertz CT molecular complexity index is 518. The van der Waals surface area contributed by atoms with Crippen LogP contribution in [-0.2, 0) is 4.79 Å². The lowest BCUT2D eigenvalue weighted by molar-refractivity contribution is -0.130. The number of amides is 2. The molecule has 1 saturated heterocycles. The number of hydrogen-bond donors (Lipinski definition) is 2. The van der Waals surface area contributed by atoms with E-state index in [9.17, 15) is 14.0 Å². The molecule has 1 aromatic carbocycles. The van der Waals surface area contributed by atoms with Gasteiger partial charge >= 0.3 is 0 Å². The molecule has 1 fully saturated rings. The summed E-state index contributed by atoms with van der Waals surface area (Å²) in [6.45, 7) is 2.63. The van der Waals surface area contributed by atoms with Crippen LogP contribution < -0.4 is 10.6 Å². The van der Waals surface area contributed by atoms with Crippen molar-refractivity contribution in [2.75, 3.05) is 32.7 Å². The molecule has 2 amide bonds. The summed E-state index contributed by atoms with van der Waals surface area (Å²) in [4.78, 5) is 25.4. The van der Waals surface area contributed by atoms with E-state index in [1.54, 1.807) is 11.0 Å².